The van der Waals surface area contributed by atoms with Gasteiger partial charge in [-0.2, -0.15) is 0 Å². The molecule has 0 saturated carbocycles. The highest BCUT2D eigenvalue weighted by Gasteiger charge is 1.98. The number of hydrogen-bond acceptors (Lipinski definition) is 4. The molecule has 1 aromatic heterocycles. The van der Waals surface area contributed by atoms with Crippen molar-refractivity contribution >= 4 is 5.84 Å². The van der Waals surface area contributed by atoms with Crippen molar-refractivity contribution < 1.29 is 5.21 Å². The Morgan fingerprint density at radius 2 is 2.53 bits per heavy atom. The molecule has 1 rings (SSSR count). The maximum atomic E-state index is 8.31. The summed E-state index contributed by atoms with van der Waals surface area (Å²) in [4.78, 5) is 4.18. The van der Waals surface area contributed by atoms with Gasteiger partial charge in [-0.3, -0.25) is 0 Å². The average molecular weight is 211 g/mol. The molecule has 0 aromatic carbocycles. The fraction of sp³-hybridized carbons (Fsp3) is 0.556. The van der Waals surface area contributed by atoms with Crippen LogP contribution in [0.1, 0.15) is 18.7 Å². The van der Waals surface area contributed by atoms with Gasteiger partial charge in [0.1, 0.15) is 11.7 Å². The zero-order valence-electron chi connectivity index (χ0n) is 8.85. The second-order valence-corrected chi connectivity index (χ2v) is 3.33. The first-order chi connectivity index (χ1) is 7.24. The maximum Gasteiger partial charge on any atom is 0.139 e. The van der Waals surface area contributed by atoms with Gasteiger partial charge in [-0.25, -0.2) is 4.98 Å². The van der Waals surface area contributed by atoms with Crippen LogP contribution in [0.4, 0.5) is 0 Å². The van der Waals surface area contributed by atoms with E-state index in [1.54, 1.807) is 6.20 Å². The van der Waals surface area contributed by atoms with Gasteiger partial charge in [0, 0.05) is 25.9 Å². The molecule has 1 aromatic rings. The Labute approximate surface area is 88.8 Å². The van der Waals surface area contributed by atoms with E-state index in [1.165, 1.54) is 0 Å². The molecule has 0 aliphatic rings. The van der Waals surface area contributed by atoms with Crippen LogP contribution in [-0.4, -0.2) is 27.1 Å². The van der Waals surface area contributed by atoms with E-state index in [-0.39, 0.29) is 5.84 Å². The van der Waals surface area contributed by atoms with E-state index in [0.29, 0.717) is 6.42 Å². The summed E-state index contributed by atoms with van der Waals surface area (Å²) in [5, 5.41) is 14.4. The highest BCUT2D eigenvalue weighted by atomic mass is 16.4. The van der Waals surface area contributed by atoms with Gasteiger partial charge in [0.05, 0.1) is 6.54 Å². The summed E-state index contributed by atoms with van der Waals surface area (Å²) < 4.78 is 1.97. The molecule has 0 aliphatic heterocycles. The average Bonchev–Trinajstić information content (AvgIpc) is 2.63. The van der Waals surface area contributed by atoms with E-state index in [4.69, 9.17) is 10.9 Å². The fourth-order valence-corrected chi connectivity index (χ4v) is 1.21. The van der Waals surface area contributed by atoms with Crippen LogP contribution in [0, 0.1) is 0 Å². The smallest absolute Gasteiger partial charge is 0.139 e. The van der Waals surface area contributed by atoms with Crippen molar-refractivity contribution in [1.82, 2.24) is 14.9 Å². The standard InChI is InChI=1S/C9H17N5O/c1-14-6-5-12-9(14)7-11-4-2-3-8(10)13-15/h5-6,11,15H,2-4,7H2,1H3,(H2,10,13). The molecule has 0 saturated heterocycles. The second-order valence-electron chi connectivity index (χ2n) is 3.33. The number of nitrogens with one attached hydrogen (secondary N) is 1. The second kappa shape index (κ2) is 6.02. The van der Waals surface area contributed by atoms with Crippen LogP contribution in [0.2, 0.25) is 0 Å². The van der Waals surface area contributed by atoms with E-state index in [1.807, 2.05) is 17.8 Å². The van der Waals surface area contributed by atoms with Crippen LogP contribution in [-0.2, 0) is 13.6 Å². The van der Waals surface area contributed by atoms with Crippen LogP contribution in [0.15, 0.2) is 17.5 Å². The first-order valence-electron chi connectivity index (χ1n) is 4.87. The van der Waals surface area contributed by atoms with Crippen molar-refractivity contribution in [3.63, 3.8) is 0 Å². The molecule has 0 bridgehead atoms. The van der Waals surface area contributed by atoms with E-state index in [9.17, 15) is 0 Å². The molecule has 0 atom stereocenters. The summed E-state index contributed by atoms with van der Waals surface area (Å²) in [6, 6.07) is 0. The molecule has 6 nitrogen and oxygen atoms in total. The lowest BCUT2D eigenvalue weighted by molar-refractivity contribution is 0.316. The minimum absolute atomic E-state index is 0.272. The zero-order valence-corrected chi connectivity index (χ0v) is 8.85. The molecule has 0 spiro atoms. The summed E-state index contributed by atoms with van der Waals surface area (Å²) in [6.45, 7) is 1.56. The SMILES string of the molecule is Cn1ccnc1CNCCCC(N)=NO. The summed E-state index contributed by atoms with van der Waals surface area (Å²) in [6.07, 6.45) is 5.13. The van der Waals surface area contributed by atoms with Crippen molar-refractivity contribution in [2.75, 3.05) is 6.54 Å². The van der Waals surface area contributed by atoms with Crippen LogP contribution >= 0.6 is 0 Å². The van der Waals surface area contributed by atoms with E-state index in [2.05, 4.69) is 15.5 Å². The van der Waals surface area contributed by atoms with Crippen molar-refractivity contribution in [1.29, 1.82) is 0 Å². The van der Waals surface area contributed by atoms with E-state index < -0.39 is 0 Å². The van der Waals surface area contributed by atoms with Gasteiger partial charge >= 0.3 is 0 Å². The summed E-state index contributed by atoms with van der Waals surface area (Å²) in [7, 11) is 1.96. The van der Waals surface area contributed by atoms with Gasteiger partial charge in [0.15, 0.2) is 0 Å². The third-order valence-corrected chi connectivity index (χ3v) is 2.12. The Morgan fingerprint density at radius 1 is 1.73 bits per heavy atom. The summed E-state index contributed by atoms with van der Waals surface area (Å²) in [5.41, 5.74) is 5.33. The number of nitrogens with zero attached hydrogens (tertiary/aromatic N) is 3. The Hall–Kier alpha value is -1.56. The quantitative estimate of drug-likeness (QED) is 0.204. The number of oxime groups is 1. The number of aryl methyl sites for hydroxylation is 1. The van der Waals surface area contributed by atoms with Gasteiger partial charge in [-0.1, -0.05) is 5.16 Å². The summed E-state index contributed by atoms with van der Waals surface area (Å²) in [5.74, 6) is 1.27. The van der Waals surface area contributed by atoms with Gasteiger partial charge in [-0.05, 0) is 13.0 Å². The topological polar surface area (TPSA) is 88.5 Å². The third-order valence-electron chi connectivity index (χ3n) is 2.12. The molecule has 0 radical (unpaired) electrons. The molecular weight excluding hydrogens is 194 g/mol. The van der Waals surface area contributed by atoms with Crippen molar-refractivity contribution in [2.45, 2.75) is 19.4 Å². The maximum absolute atomic E-state index is 8.31. The number of hydrogen-bond donors (Lipinski definition) is 3. The zero-order chi connectivity index (χ0) is 11.1. The van der Waals surface area contributed by atoms with E-state index in [0.717, 1.165) is 25.3 Å². The predicted molar refractivity (Wildman–Crippen MR) is 57.6 cm³/mol. The Bertz CT molecular complexity index is 320. The normalized spacial score (nSPS) is 11.9. The van der Waals surface area contributed by atoms with Crippen molar-refractivity contribution in [3.8, 4) is 0 Å². The summed E-state index contributed by atoms with van der Waals surface area (Å²) >= 11 is 0. The lowest BCUT2D eigenvalue weighted by atomic mass is 10.3. The molecule has 15 heavy (non-hydrogen) atoms. The minimum Gasteiger partial charge on any atom is -0.409 e. The molecule has 1 heterocycles. The fourth-order valence-electron chi connectivity index (χ4n) is 1.21. The first kappa shape index (κ1) is 11.5. The highest BCUT2D eigenvalue weighted by Crippen LogP contribution is 1.93. The molecule has 0 unspecified atom stereocenters. The van der Waals surface area contributed by atoms with Crippen molar-refractivity contribution in [3.05, 3.63) is 18.2 Å². The molecule has 4 N–H and O–H groups in total. The molecule has 0 amide bonds. The van der Waals surface area contributed by atoms with Crippen LogP contribution in [0.5, 0.6) is 0 Å². The van der Waals surface area contributed by atoms with Crippen LogP contribution in [0.3, 0.4) is 0 Å². The first-order valence-corrected chi connectivity index (χ1v) is 4.87. The third kappa shape index (κ3) is 3.99. The minimum atomic E-state index is 0.272. The number of nitrogens with two attached hydrogens (primary N) is 1. The number of imidazole rings is 1. The molecular formula is C9H17N5O. The van der Waals surface area contributed by atoms with Gasteiger partial charge in [0.2, 0.25) is 0 Å². The largest absolute Gasteiger partial charge is 0.409 e. The van der Waals surface area contributed by atoms with Crippen LogP contribution < -0.4 is 11.1 Å². The predicted octanol–water partition coefficient (Wildman–Crippen LogP) is 0.0363. The monoisotopic (exact) mass is 211 g/mol. The molecule has 0 aliphatic carbocycles. The molecule has 0 fully saturated rings. The van der Waals surface area contributed by atoms with E-state index >= 15 is 0 Å². The van der Waals surface area contributed by atoms with Crippen molar-refractivity contribution in [2.24, 2.45) is 17.9 Å². The Balaban J connectivity index is 2.10. The number of aromatic nitrogens is 2. The number of amidine groups is 1. The number of rotatable bonds is 6. The molecule has 84 valence electrons. The Morgan fingerprint density at radius 3 is 3.13 bits per heavy atom. The van der Waals surface area contributed by atoms with Gasteiger partial charge < -0.3 is 20.8 Å². The lowest BCUT2D eigenvalue weighted by Gasteiger charge is -2.04. The van der Waals surface area contributed by atoms with Crippen LogP contribution in [0.25, 0.3) is 0 Å². The lowest BCUT2D eigenvalue weighted by Crippen LogP contribution is -2.20. The van der Waals surface area contributed by atoms with Gasteiger partial charge in [0.25, 0.3) is 0 Å². The van der Waals surface area contributed by atoms with Gasteiger partial charge in [-0.15, -0.1) is 0 Å². The highest BCUT2D eigenvalue weighted by molar-refractivity contribution is 5.79. The Kier molecular flexibility index (Phi) is 4.62. The molecule has 6 heteroatoms.